The number of carbonyl (C=O) groups is 2. The van der Waals surface area contributed by atoms with Gasteiger partial charge in [0.2, 0.25) is 0 Å². The monoisotopic (exact) mass is 399 g/mol. The molecule has 1 aliphatic heterocycles. The molecule has 0 amide bonds. The number of ether oxygens (including phenoxy) is 1. The van der Waals surface area contributed by atoms with Crippen molar-refractivity contribution in [3.63, 3.8) is 0 Å². The first-order chi connectivity index (χ1) is 14.5. The largest absolute Gasteiger partial charge is 0.489 e. The van der Waals surface area contributed by atoms with Crippen LogP contribution in [0.1, 0.15) is 56.9 Å². The molecule has 4 atom stereocenters. The third-order valence-electron chi connectivity index (χ3n) is 7.94. The van der Waals surface area contributed by atoms with Gasteiger partial charge in [-0.3, -0.25) is 14.6 Å². The van der Waals surface area contributed by atoms with Crippen LogP contribution >= 0.6 is 0 Å². The van der Waals surface area contributed by atoms with E-state index >= 15 is 0 Å². The predicted molar refractivity (Wildman–Crippen MR) is 114 cm³/mol. The number of Topliss-reactive ketones (excluding diaryl/α,β-unsaturated/α-hetero) is 2. The number of carbonyl (C=O) groups excluding carboxylic acids is 2. The van der Waals surface area contributed by atoms with Gasteiger partial charge in [-0.1, -0.05) is 25.1 Å². The number of aromatic nitrogens is 1. The van der Waals surface area contributed by atoms with Crippen LogP contribution in [0.5, 0.6) is 0 Å². The minimum atomic E-state index is -0.128. The third kappa shape index (κ3) is 2.49. The van der Waals surface area contributed by atoms with Crippen molar-refractivity contribution in [3.8, 4) is 0 Å². The molecule has 1 aromatic heterocycles. The molecule has 2 fully saturated rings. The average molecular weight is 399 g/mol. The fourth-order valence-electron chi connectivity index (χ4n) is 6.36. The highest BCUT2D eigenvalue weighted by Gasteiger charge is 2.58. The van der Waals surface area contributed by atoms with Gasteiger partial charge in [-0.05, 0) is 53.3 Å². The number of rotatable bonds is 1. The molecule has 30 heavy (non-hydrogen) atoms. The van der Waals surface area contributed by atoms with Gasteiger partial charge in [0.25, 0.3) is 0 Å². The Hall–Kier alpha value is -2.75. The number of nitrogens with zero attached hydrogens (tertiary/aromatic N) is 1. The zero-order valence-electron chi connectivity index (χ0n) is 17.2. The minimum Gasteiger partial charge on any atom is -0.489 e. The summed E-state index contributed by atoms with van der Waals surface area (Å²) in [6.07, 6.45) is 10.4. The Bertz CT molecular complexity index is 1160. The Labute approximate surface area is 176 Å². The number of fused-ring (bicyclic) bond motifs is 4. The minimum absolute atomic E-state index is 0.0630. The van der Waals surface area contributed by atoms with E-state index in [0.717, 1.165) is 53.4 Å². The van der Waals surface area contributed by atoms with Gasteiger partial charge in [0.1, 0.15) is 17.6 Å². The summed E-state index contributed by atoms with van der Waals surface area (Å²) >= 11 is 0. The fraction of sp³-hybridized carbons (Fsp3) is 0.423. The second-order valence-corrected chi connectivity index (χ2v) is 9.57. The molecule has 0 N–H and O–H groups in total. The first-order valence-corrected chi connectivity index (χ1v) is 11.0. The van der Waals surface area contributed by atoms with Crippen LogP contribution in [0.4, 0.5) is 0 Å². The first-order valence-electron chi connectivity index (χ1n) is 11.0. The molecule has 0 bridgehead atoms. The molecule has 4 aliphatic rings. The molecule has 1 unspecified atom stereocenters. The van der Waals surface area contributed by atoms with Crippen molar-refractivity contribution in [1.29, 1.82) is 0 Å². The smallest absolute Gasteiger partial charge is 0.166 e. The van der Waals surface area contributed by atoms with Crippen LogP contribution in [0, 0.1) is 11.3 Å². The van der Waals surface area contributed by atoms with E-state index in [1.165, 1.54) is 5.57 Å². The number of hydrogen-bond acceptors (Lipinski definition) is 4. The van der Waals surface area contributed by atoms with Gasteiger partial charge < -0.3 is 4.74 Å². The Kier molecular flexibility index (Phi) is 3.83. The second kappa shape index (κ2) is 6.37. The van der Waals surface area contributed by atoms with Crippen molar-refractivity contribution in [1.82, 2.24) is 4.98 Å². The average Bonchev–Trinajstić information content (AvgIpc) is 3.03. The lowest BCUT2D eigenvalue weighted by atomic mass is 9.61. The highest BCUT2D eigenvalue weighted by atomic mass is 16.5. The lowest BCUT2D eigenvalue weighted by Crippen LogP contribution is -2.43. The number of pyridine rings is 1. The van der Waals surface area contributed by atoms with E-state index in [1.807, 2.05) is 12.3 Å². The van der Waals surface area contributed by atoms with Crippen molar-refractivity contribution < 1.29 is 14.3 Å². The molecular formula is C26H25NO3. The summed E-state index contributed by atoms with van der Waals surface area (Å²) < 4.78 is 6.48. The van der Waals surface area contributed by atoms with E-state index < -0.39 is 0 Å². The SMILES string of the molecule is C[C@]12CCC3=CC4=C(CCCC4=O)OC3[C@@H]1CC(=O)[C@@H]2c1ccc2cnccc2c1. The zero-order valence-corrected chi connectivity index (χ0v) is 17.2. The molecule has 2 heterocycles. The normalized spacial score (nSPS) is 33.0. The number of allylic oxidation sites excluding steroid dienone is 3. The van der Waals surface area contributed by atoms with E-state index in [-0.39, 0.29) is 29.1 Å². The molecular weight excluding hydrogens is 374 g/mol. The number of ketones is 2. The highest BCUT2D eigenvalue weighted by molar-refractivity contribution is 5.99. The van der Waals surface area contributed by atoms with Crippen LogP contribution in [-0.4, -0.2) is 22.7 Å². The standard InChI is InChI=1S/C26H25NO3/c1-26-9-7-17-12-19-21(28)3-2-4-23(19)30-25(17)20(26)13-22(29)24(26)16-5-6-18-14-27-10-8-15(18)11-16/h5-6,8,10-12,14,20,24-25H,2-4,7,9,13H2,1H3/t20-,24-,25?,26-/m0/s1. The summed E-state index contributed by atoms with van der Waals surface area (Å²) in [4.78, 5) is 29.9. The van der Waals surface area contributed by atoms with Crippen molar-refractivity contribution in [2.75, 3.05) is 0 Å². The van der Waals surface area contributed by atoms with Crippen LogP contribution in [0.3, 0.4) is 0 Å². The van der Waals surface area contributed by atoms with E-state index in [2.05, 4.69) is 36.2 Å². The van der Waals surface area contributed by atoms with Gasteiger partial charge in [0, 0.05) is 48.9 Å². The van der Waals surface area contributed by atoms with Crippen LogP contribution in [0.25, 0.3) is 10.8 Å². The molecule has 152 valence electrons. The lowest BCUT2D eigenvalue weighted by Gasteiger charge is -2.47. The van der Waals surface area contributed by atoms with Crippen LogP contribution in [0.2, 0.25) is 0 Å². The summed E-state index contributed by atoms with van der Waals surface area (Å²) in [5.74, 6) is 1.45. The predicted octanol–water partition coefficient (Wildman–Crippen LogP) is 5.04. The van der Waals surface area contributed by atoms with Gasteiger partial charge in [0.05, 0.1) is 5.57 Å². The van der Waals surface area contributed by atoms with Crippen molar-refractivity contribution >= 4 is 22.3 Å². The van der Waals surface area contributed by atoms with Crippen molar-refractivity contribution in [2.24, 2.45) is 11.3 Å². The molecule has 0 saturated heterocycles. The second-order valence-electron chi connectivity index (χ2n) is 9.57. The van der Waals surface area contributed by atoms with Crippen molar-refractivity contribution in [2.45, 2.75) is 57.5 Å². The molecule has 4 heteroatoms. The molecule has 2 saturated carbocycles. The van der Waals surface area contributed by atoms with Crippen LogP contribution in [-0.2, 0) is 14.3 Å². The summed E-state index contributed by atoms with van der Waals surface area (Å²) in [6, 6.07) is 8.37. The maximum atomic E-state index is 13.3. The molecule has 0 spiro atoms. The zero-order chi connectivity index (χ0) is 20.5. The van der Waals surface area contributed by atoms with E-state index in [9.17, 15) is 9.59 Å². The number of hydrogen-bond donors (Lipinski definition) is 0. The molecule has 4 nitrogen and oxygen atoms in total. The Morgan fingerprint density at radius 2 is 2.00 bits per heavy atom. The van der Waals surface area contributed by atoms with Crippen molar-refractivity contribution in [3.05, 3.63) is 65.2 Å². The fourth-order valence-corrected chi connectivity index (χ4v) is 6.36. The maximum absolute atomic E-state index is 13.3. The maximum Gasteiger partial charge on any atom is 0.166 e. The summed E-state index contributed by atoms with van der Waals surface area (Å²) in [7, 11) is 0. The Balaban J connectivity index is 1.38. The molecule has 0 radical (unpaired) electrons. The summed E-state index contributed by atoms with van der Waals surface area (Å²) in [5.41, 5.74) is 2.99. The van der Waals surface area contributed by atoms with Gasteiger partial charge >= 0.3 is 0 Å². The number of benzene rings is 1. The topological polar surface area (TPSA) is 56.3 Å². The van der Waals surface area contributed by atoms with Gasteiger partial charge in [-0.25, -0.2) is 0 Å². The summed E-state index contributed by atoms with van der Waals surface area (Å²) in [6.45, 7) is 2.28. The van der Waals surface area contributed by atoms with Gasteiger partial charge in [-0.15, -0.1) is 0 Å². The highest BCUT2D eigenvalue weighted by Crippen LogP contribution is 2.60. The molecule has 3 aliphatic carbocycles. The van der Waals surface area contributed by atoms with Crippen LogP contribution < -0.4 is 0 Å². The summed E-state index contributed by atoms with van der Waals surface area (Å²) in [5, 5.41) is 2.22. The lowest BCUT2D eigenvalue weighted by molar-refractivity contribution is -0.119. The van der Waals surface area contributed by atoms with E-state index in [4.69, 9.17) is 4.74 Å². The Morgan fingerprint density at radius 1 is 1.10 bits per heavy atom. The van der Waals surface area contributed by atoms with E-state index in [0.29, 0.717) is 18.6 Å². The van der Waals surface area contributed by atoms with E-state index in [1.54, 1.807) is 6.20 Å². The molecule has 1 aromatic carbocycles. The third-order valence-corrected chi connectivity index (χ3v) is 7.94. The Morgan fingerprint density at radius 3 is 2.90 bits per heavy atom. The van der Waals surface area contributed by atoms with Crippen LogP contribution in [0.15, 0.2) is 59.6 Å². The van der Waals surface area contributed by atoms with Gasteiger partial charge in [-0.2, -0.15) is 0 Å². The molecule has 6 rings (SSSR count). The quantitative estimate of drug-likeness (QED) is 0.674. The molecule has 2 aromatic rings. The first kappa shape index (κ1) is 18.1. The van der Waals surface area contributed by atoms with Gasteiger partial charge in [0.15, 0.2) is 5.78 Å².